The number of hydrogen-bond donors (Lipinski definition) is 2. The summed E-state index contributed by atoms with van der Waals surface area (Å²) in [6.07, 6.45) is -4.27. The summed E-state index contributed by atoms with van der Waals surface area (Å²) in [5, 5.41) is 2.33. The smallest absolute Gasteiger partial charge is 0.319 e. The Morgan fingerprint density at radius 2 is 2.00 bits per heavy atom. The lowest BCUT2D eigenvalue weighted by Crippen LogP contribution is -2.44. The largest absolute Gasteiger partial charge is 0.404 e. The topological polar surface area (TPSA) is 38.0 Å². The first-order chi connectivity index (χ1) is 3.98. The zero-order valence-electron chi connectivity index (χ0n) is 5.00. The second-order valence-corrected chi connectivity index (χ2v) is 1.71. The fourth-order valence-electron chi connectivity index (χ4n) is 0.336. The van der Waals surface area contributed by atoms with Gasteiger partial charge in [-0.25, -0.2) is 0 Å². The van der Waals surface area contributed by atoms with Crippen LogP contribution < -0.4 is 11.1 Å². The minimum absolute atomic E-state index is 0.233. The van der Waals surface area contributed by atoms with Gasteiger partial charge in [0, 0.05) is 6.54 Å². The van der Waals surface area contributed by atoms with Crippen molar-refractivity contribution in [2.45, 2.75) is 12.2 Å². The van der Waals surface area contributed by atoms with Gasteiger partial charge in [0.15, 0.2) is 0 Å². The Morgan fingerprint density at radius 1 is 1.56 bits per heavy atom. The predicted octanol–water partition coefficient (Wildman–Crippen LogP) is 0.0954. The van der Waals surface area contributed by atoms with Crippen LogP contribution in [0.1, 0.15) is 0 Å². The third kappa shape index (κ3) is 3.31. The molecule has 2 nitrogen and oxygen atoms in total. The fourth-order valence-corrected chi connectivity index (χ4v) is 0.336. The molecule has 0 fully saturated rings. The third-order valence-corrected chi connectivity index (χ3v) is 0.844. The van der Waals surface area contributed by atoms with Gasteiger partial charge in [0.1, 0.15) is 6.04 Å². The summed E-state index contributed by atoms with van der Waals surface area (Å²) in [4.78, 5) is 0. The molecule has 9 heavy (non-hydrogen) atoms. The third-order valence-electron chi connectivity index (χ3n) is 0.844. The molecule has 0 spiro atoms. The van der Waals surface area contributed by atoms with E-state index in [4.69, 9.17) is 0 Å². The standard InChI is InChI=1S/C4H9F3N2/c1-9-2-3(8)4(5,6)7/h3,9H,2,8H2,1H3. The van der Waals surface area contributed by atoms with Gasteiger partial charge in [-0.3, -0.25) is 0 Å². The van der Waals surface area contributed by atoms with Gasteiger partial charge in [-0.2, -0.15) is 13.2 Å². The molecule has 0 aliphatic rings. The van der Waals surface area contributed by atoms with Crippen LogP contribution in [0.5, 0.6) is 0 Å². The van der Waals surface area contributed by atoms with E-state index >= 15 is 0 Å². The molecule has 0 bridgehead atoms. The molecule has 56 valence electrons. The van der Waals surface area contributed by atoms with Crippen LogP contribution in [0.4, 0.5) is 13.2 Å². The van der Waals surface area contributed by atoms with Crippen molar-refractivity contribution in [2.24, 2.45) is 5.73 Å². The van der Waals surface area contributed by atoms with E-state index in [0.717, 1.165) is 0 Å². The summed E-state index contributed by atoms with van der Waals surface area (Å²) < 4.78 is 34.4. The second-order valence-electron chi connectivity index (χ2n) is 1.71. The van der Waals surface area contributed by atoms with Crippen molar-refractivity contribution in [3.63, 3.8) is 0 Å². The maximum Gasteiger partial charge on any atom is 0.404 e. The molecule has 1 unspecified atom stereocenters. The van der Waals surface area contributed by atoms with Crippen LogP contribution in [0.15, 0.2) is 0 Å². The molecule has 0 aliphatic heterocycles. The Balaban J connectivity index is 3.59. The molecular formula is C4H9F3N2. The molecule has 0 amide bonds. The Hall–Kier alpha value is -0.290. The minimum atomic E-state index is -4.27. The van der Waals surface area contributed by atoms with Gasteiger partial charge in [0.25, 0.3) is 0 Å². The van der Waals surface area contributed by atoms with Crippen molar-refractivity contribution in [1.29, 1.82) is 0 Å². The first-order valence-electron chi connectivity index (χ1n) is 2.45. The van der Waals surface area contributed by atoms with E-state index in [1.165, 1.54) is 7.05 Å². The first-order valence-corrected chi connectivity index (χ1v) is 2.45. The van der Waals surface area contributed by atoms with Crippen molar-refractivity contribution in [3.05, 3.63) is 0 Å². The van der Waals surface area contributed by atoms with Crippen LogP contribution in [0.25, 0.3) is 0 Å². The molecule has 3 N–H and O–H groups in total. The zero-order valence-corrected chi connectivity index (χ0v) is 5.00. The lowest BCUT2D eigenvalue weighted by molar-refractivity contribution is -0.146. The molecule has 0 aliphatic carbocycles. The Morgan fingerprint density at radius 3 is 2.11 bits per heavy atom. The predicted molar refractivity (Wildman–Crippen MR) is 28.0 cm³/mol. The lowest BCUT2D eigenvalue weighted by atomic mass is 10.3. The van der Waals surface area contributed by atoms with Crippen LogP contribution in [0, 0.1) is 0 Å². The summed E-state index contributed by atoms with van der Waals surface area (Å²) in [6, 6.07) is -1.75. The maximum absolute atomic E-state index is 11.5. The molecule has 0 aromatic heterocycles. The van der Waals surface area contributed by atoms with Crippen molar-refractivity contribution in [2.75, 3.05) is 13.6 Å². The summed E-state index contributed by atoms with van der Waals surface area (Å²) in [5.74, 6) is 0. The number of rotatable bonds is 2. The van der Waals surface area contributed by atoms with E-state index in [9.17, 15) is 13.2 Å². The van der Waals surface area contributed by atoms with E-state index in [0.29, 0.717) is 0 Å². The molecule has 5 heteroatoms. The molecule has 0 saturated heterocycles. The van der Waals surface area contributed by atoms with Crippen LogP contribution >= 0.6 is 0 Å². The molecule has 0 rings (SSSR count). The molecule has 0 radical (unpaired) electrons. The Bertz CT molecular complexity index is 80.4. The summed E-state index contributed by atoms with van der Waals surface area (Å²) in [7, 11) is 1.42. The van der Waals surface area contributed by atoms with Crippen molar-refractivity contribution in [1.82, 2.24) is 5.32 Å². The number of halogens is 3. The van der Waals surface area contributed by atoms with Gasteiger partial charge in [-0.1, -0.05) is 0 Å². The van der Waals surface area contributed by atoms with Gasteiger partial charge in [-0.15, -0.1) is 0 Å². The van der Waals surface area contributed by atoms with Crippen LogP contribution in [-0.4, -0.2) is 25.8 Å². The number of likely N-dealkylation sites (N-methyl/N-ethyl adjacent to an activating group) is 1. The monoisotopic (exact) mass is 142 g/mol. The second kappa shape index (κ2) is 3.03. The van der Waals surface area contributed by atoms with Gasteiger partial charge in [-0.05, 0) is 7.05 Å². The zero-order chi connectivity index (χ0) is 7.49. The van der Waals surface area contributed by atoms with E-state index in [1.54, 1.807) is 0 Å². The van der Waals surface area contributed by atoms with Crippen LogP contribution in [0.2, 0.25) is 0 Å². The van der Waals surface area contributed by atoms with E-state index in [-0.39, 0.29) is 6.54 Å². The van der Waals surface area contributed by atoms with Crippen molar-refractivity contribution in [3.8, 4) is 0 Å². The fraction of sp³-hybridized carbons (Fsp3) is 1.00. The number of alkyl halides is 3. The van der Waals surface area contributed by atoms with Crippen molar-refractivity contribution >= 4 is 0 Å². The summed E-state index contributed by atoms with van der Waals surface area (Å²) >= 11 is 0. The highest BCUT2D eigenvalue weighted by atomic mass is 19.4. The van der Waals surface area contributed by atoms with E-state index in [2.05, 4.69) is 11.1 Å². The normalized spacial score (nSPS) is 15.7. The number of nitrogens with two attached hydrogens (primary N) is 1. The van der Waals surface area contributed by atoms with Gasteiger partial charge >= 0.3 is 6.18 Å². The molecule has 0 saturated carbocycles. The highest BCUT2D eigenvalue weighted by Crippen LogP contribution is 2.17. The Kier molecular flexibility index (Phi) is 2.93. The quantitative estimate of drug-likeness (QED) is 0.573. The highest BCUT2D eigenvalue weighted by molar-refractivity contribution is 4.71. The summed E-state index contributed by atoms with van der Waals surface area (Å²) in [5.41, 5.74) is 4.67. The van der Waals surface area contributed by atoms with E-state index in [1.807, 2.05) is 0 Å². The summed E-state index contributed by atoms with van der Waals surface area (Å²) in [6.45, 7) is -0.233. The SMILES string of the molecule is CNCC(N)C(F)(F)F. The average molecular weight is 142 g/mol. The number of nitrogens with one attached hydrogen (secondary N) is 1. The molecule has 0 aromatic rings. The Labute approximate surface area is 51.2 Å². The van der Waals surface area contributed by atoms with Gasteiger partial charge in [0.2, 0.25) is 0 Å². The average Bonchev–Trinajstić information content (AvgIpc) is 1.64. The van der Waals surface area contributed by atoms with E-state index < -0.39 is 12.2 Å². The minimum Gasteiger partial charge on any atom is -0.319 e. The van der Waals surface area contributed by atoms with Crippen LogP contribution in [0.3, 0.4) is 0 Å². The van der Waals surface area contributed by atoms with Gasteiger partial charge in [0.05, 0.1) is 0 Å². The highest BCUT2D eigenvalue weighted by Gasteiger charge is 2.35. The van der Waals surface area contributed by atoms with Gasteiger partial charge < -0.3 is 11.1 Å². The molecule has 1 atom stereocenters. The van der Waals surface area contributed by atoms with Crippen molar-refractivity contribution < 1.29 is 13.2 Å². The molecule has 0 heterocycles. The molecular weight excluding hydrogens is 133 g/mol. The molecule has 0 aromatic carbocycles. The first kappa shape index (κ1) is 8.71. The number of hydrogen-bond acceptors (Lipinski definition) is 2. The van der Waals surface area contributed by atoms with Crippen LogP contribution in [-0.2, 0) is 0 Å². The maximum atomic E-state index is 11.5. The lowest BCUT2D eigenvalue weighted by Gasteiger charge is -2.13.